The van der Waals surface area contributed by atoms with Gasteiger partial charge in [-0.3, -0.25) is 4.79 Å². The van der Waals surface area contributed by atoms with Crippen molar-refractivity contribution >= 4 is 33.8 Å². The molecule has 1 N–H and O–H groups in total. The predicted octanol–water partition coefficient (Wildman–Crippen LogP) is 2.61. The Morgan fingerprint density at radius 2 is 1.68 bits per heavy atom. The number of carbonyl (C=O) groups excluding carboxylic acids is 2. The van der Waals surface area contributed by atoms with Gasteiger partial charge in [-0.15, -0.1) is 0 Å². The average Bonchev–Trinajstić information content (AvgIpc) is 2.66. The van der Waals surface area contributed by atoms with E-state index < -0.39 is 16.1 Å². The molecule has 0 saturated carbocycles. The summed E-state index contributed by atoms with van der Waals surface area (Å²) in [7, 11) is -1.49. The number of ether oxygens (including phenoxy) is 2. The molecule has 8 nitrogen and oxygen atoms in total. The van der Waals surface area contributed by atoms with E-state index in [1.54, 1.807) is 6.07 Å². The zero-order chi connectivity index (χ0) is 20.7. The van der Waals surface area contributed by atoms with Crippen molar-refractivity contribution < 1.29 is 31.7 Å². The number of nitrogens with one attached hydrogen (secondary N) is 1. The Labute approximate surface area is 162 Å². The first-order valence-electron chi connectivity index (χ1n) is 8.01. The van der Waals surface area contributed by atoms with Gasteiger partial charge in [0, 0.05) is 18.7 Å². The van der Waals surface area contributed by atoms with Crippen LogP contribution in [-0.4, -0.2) is 34.5 Å². The fourth-order valence-corrected chi connectivity index (χ4v) is 3.10. The SMILES string of the molecule is COC(=O)/C=C/c1ccc(OS(=O)(=O)c2ccc(NC(C)=O)cc2)c(OC)c1. The number of benzene rings is 2. The molecular weight excluding hydrogens is 386 g/mol. The van der Waals surface area contributed by atoms with Crippen molar-refractivity contribution in [2.24, 2.45) is 0 Å². The summed E-state index contributed by atoms with van der Waals surface area (Å²) < 4.78 is 39.9. The fraction of sp³-hybridized carbons (Fsp3) is 0.158. The lowest BCUT2D eigenvalue weighted by molar-refractivity contribution is -0.134. The van der Waals surface area contributed by atoms with Gasteiger partial charge in [0.15, 0.2) is 11.5 Å². The average molecular weight is 405 g/mol. The molecule has 0 unspecified atom stereocenters. The van der Waals surface area contributed by atoms with E-state index in [1.165, 1.54) is 69.7 Å². The largest absolute Gasteiger partial charge is 0.493 e. The Kier molecular flexibility index (Phi) is 6.78. The lowest BCUT2D eigenvalue weighted by Crippen LogP contribution is -2.11. The number of hydrogen-bond acceptors (Lipinski definition) is 7. The first-order chi connectivity index (χ1) is 13.2. The summed E-state index contributed by atoms with van der Waals surface area (Å²) in [5.41, 5.74) is 1.05. The Morgan fingerprint density at radius 3 is 2.25 bits per heavy atom. The highest BCUT2D eigenvalue weighted by molar-refractivity contribution is 7.87. The third-order valence-corrected chi connectivity index (χ3v) is 4.71. The molecule has 0 aliphatic carbocycles. The molecule has 2 aromatic carbocycles. The van der Waals surface area contributed by atoms with Crippen LogP contribution in [0.4, 0.5) is 5.69 Å². The number of hydrogen-bond donors (Lipinski definition) is 1. The van der Waals surface area contributed by atoms with Crippen molar-refractivity contribution in [1.29, 1.82) is 0 Å². The second-order valence-corrected chi connectivity index (χ2v) is 7.06. The summed E-state index contributed by atoms with van der Waals surface area (Å²) in [5.74, 6) is -0.628. The lowest BCUT2D eigenvalue weighted by Gasteiger charge is -2.12. The third kappa shape index (κ3) is 5.58. The fourth-order valence-electron chi connectivity index (χ4n) is 2.16. The van der Waals surface area contributed by atoms with Crippen LogP contribution < -0.4 is 14.2 Å². The summed E-state index contributed by atoms with van der Waals surface area (Å²) in [6.45, 7) is 1.35. The quantitative estimate of drug-likeness (QED) is 0.428. The number of amides is 1. The van der Waals surface area contributed by atoms with Gasteiger partial charge in [0.25, 0.3) is 0 Å². The van der Waals surface area contributed by atoms with E-state index in [2.05, 4.69) is 10.1 Å². The molecule has 2 aromatic rings. The van der Waals surface area contributed by atoms with Crippen molar-refractivity contribution in [3.8, 4) is 11.5 Å². The van der Waals surface area contributed by atoms with E-state index >= 15 is 0 Å². The Bertz CT molecular complexity index is 995. The Balaban J connectivity index is 2.24. The maximum Gasteiger partial charge on any atom is 0.339 e. The molecule has 148 valence electrons. The number of rotatable bonds is 7. The number of esters is 1. The van der Waals surface area contributed by atoms with E-state index in [9.17, 15) is 18.0 Å². The molecule has 0 atom stereocenters. The summed E-state index contributed by atoms with van der Waals surface area (Å²) in [6, 6.07) is 10.0. The predicted molar refractivity (Wildman–Crippen MR) is 103 cm³/mol. The molecule has 0 aliphatic heterocycles. The van der Waals surface area contributed by atoms with Crippen LogP contribution in [-0.2, 0) is 24.4 Å². The van der Waals surface area contributed by atoms with E-state index in [0.717, 1.165) is 0 Å². The smallest absolute Gasteiger partial charge is 0.339 e. The van der Waals surface area contributed by atoms with Gasteiger partial charge < -0.3 is 19.0 Å². The van der Waals surface area contributed by atoms with Gasteiger partial charge in [-0.05, 0) is 48.0 Å². The minimum absolute atomic E-state index is 0.0105. The van der Waals surface area contributed by atoms with Crippen LogP contribution in [0.15, 0.2) is 53.4 Å². The van der Waals surface area contributed by atoms with Crippen LogP contribution in [0.2, 0.25) is 0 Å². The monoisotopic (exact) mass is 405 g/mol. The molecule has 0 fully saturated rings. The van der Waals surface area contributed by atoms with Crippen LogP contribution in [0.25, 0.3) is 6.08 Å². The molecule has 9 heteroatoms. The van der Waals surface area contributed by atoms with E-state index in [1.807, 2.05) is 0 Å². The first kappa shape index (κ1) is 21.0. The van der Waals surface area contributed by atoms with Gasteiger partial charge >= 0.3 is 16.1 Å². The second-order valence-electron chi connectivity index (χ2n) is 5.51. The number of anilines is 1. The van der Waals surface area contributed by atoms with E-state index in [-0.39, 0.29) is 22.3 Å². The highest BCUT2D eigenvalue weighted by atomic mass is 32.2. The minimum Gasteiger partial charge on any atom is -0.493 e. The first-order valence-corrected chi connectivity index (χ1v) is 9.42. The highest BCUT2D eigenvalue weighted by Gasteiger charge is 2.19. The molecule has 0 bridgehead atoms. The molecule has 1 amide bonds. The molecule has 0 heterocycles. The highest BCUT2D eigenvalue weighted by Crippen LogP contribution is 2.31. The van der Waals surface area contributed by atoms with Gasteiger partial charge in [-0.2, -0.15) is 8.42 Å². The van der Waals surface area contributed by atoms with Crippen molar-refractivity contribution in [2.75, 3.05) is 19.5 Å². The third-order valence-electron chi connectivity index (χ3n) is 3.46. The topological polar surface area (TPSA) is 108 Å². The zero-order valence-electron chi connectivity index (χ0n) is 15.5. The van der Waals surface area contributed by atoms with Gasteiger partial charge in [0.05, 0.1) is 14.2 Å². The normalized spacial score (nSPS) is 11.1. The summed E-state index contributed by atoms with van der Waals surface area (Å²) in [6.07, 6.45) is 2.72. The molecule has 0 aromatic heterocycles. The molecule has 0 radical (unpaired) electrons. The molecule has 0 saturated heterocycles. The lowest BCUT2D eigenvalue weighted by atomic mass is 10.2. The number of carbonyl (C=O) groups is 2. The van der Waals surface area contributed by atoms with E-state index in [4.69, 9.17) is 8.92 Å². The van der Waals surface area contributed by atoms with Crippen molar-refractivity contribution in [1.82, 2.24) is 0 Å². The standard InChI is InChI=1S/C19H19NO7S/c1-13(21)20-15-6-8-16(9-7-15)28(23,24)27-17-10-4-14(12-18(17)25-2)5-11-19(22)26-3/h4-12H,1-3H3,(H,20,21)/b11-5+. The molecular formula is C19H19NO7S. The van der Waals surface area contributed by atoms with Gasteiger partial charge in [0.1, 0.15) is 4.90 Å². The maximum atomic E-state index is 12.5. The van der Waals surface area contributed by atoms with Crippen molar-refractivity contribution in [2.45, 2.75) is 11.8 Å². The Morgan fingerprint density at radius 1 is 1.00 bits per heavy atom. The Hall–Kier alpha value is -3.33. The number of methoxy groups -OCH3 is 2. The minimum atomic E-state index is -4.12. The van der Waals surface area contributed by atoms with Crippen molar-refractivity contribution in [3.05, 3.63) is 54.1 Å². The van der Waals surface area contributed by atoms with Gasteiger partial charge in [0.2, 0.25) is 5.91 Å². The van der Waals surface area contributed by atoms with E-state index in [0.29, 0.717) is 11.3 Å². The van der Waals surface area contributed by atoms with Crippen LogP contribution >= 0.6 is 0 Å². The summed E-state index contributed by atoms with van der Waals surface area (Å²) in [5, 5.41) is 2.55. The second kappa shape index (κ2) is 9.05. The summed E-state index contributed by atoms with van der Waals surface area (Å²) in [4.78, 5) is 22.1. The van der Waals surface area contributed by atoms with Crippen LogP contribution in [0.1, 0.15) is 12.5 Å². The van der Waals surface area contributed by atoms with Gasteiger partial charge in [-0.1, -0.05) is 6.07 Å². The molecule has 28 heavy (non-hydrogen) atoms. The molecule has 2 rings (SSSR count). The van der Waals surface area contributed by atoms with Crippen LogP contribution in [0.3, 0.4) is 0 Å². The maximum absolute atomic E-state index is 12.5. The van der Waals surface area contributed by atoms with Crippen LogP contribution in [0, 0.1) is 0 Å². The molecule has 0 spiro atoms. The zero-order valence-corrected chi connectivity index (χ0v) is 16.3. The summed E-state index contributed by atoms with van der Waals surface area (Å²) >= 11 is 0. The molecule has 0 aliphatic rings. The van der Waals surface area contributed by atoms with Crippen LogP contribution in [0.5, 0.6) is 11.5 Å². The van der Waals surface area contributed by atoms with Gasteiger partial charge in [-0.25, -0.2) is 4.79 Å². The van der Waals surface area contributed by atoms with Crippen molar-refractivity contribution in [3.63, 3.8) is 0 Å².